The summed E-state index contributed by atoms with van der Waals surface area (Å²) in [6, 6.07) is 0.374. The summed E-state index contributed by atoms with van der Waals surface area (Å²) in [5, 5.41) is 4.61. The lowest BCUT2D eigenvalue weighted by Crippen LogP contribution is -2.43. The highest BCUT2D eigenvalue weighted by atomic mass is 32.2. The van der Waals surface area contributed by atoms with Gasteiger partial charge in [-0.05, 0) is 51.0 Å². The van der Waals surface area contributed by atoms with Crippen molar-refractivity contribution in [2.75, 3.05) is 18.1 Å². The molecule has 4 nitrogen and oxygen atoms in total. The number of rotatable bonds is 2. The van der Waals surface area contributed by atoms with E-state index in [9.17, 15) is 4.79 Å². The minimum atomic E-state index is 0.0573. The molecular formula is C15H22N2O2S. The van der Waals surface area contributed by atoms with Crippen LogP contribution in [0.3, 0.4) is 0 Å². The number of aromatic nitrogens is 2. The Morgan fingerprint density at radius 2 is 2.15 bits per heavy atom. The molecule has 5 heteroatoms. The van der Waals surface area contributed by atoms with Gasteiger partial charge in [0.15, 0.2) is 6.29 Å². The lowest BCUT2D eigenvalue weighted by Gasteiger charge is -2.43. The molecule has 1 aromatic heterocycles. The molecule has 0 bridgehead atoms. The molecule has 1 spiro atoms. The molecule has 20 heavy (non-hydrogen) atoms. The standard InChI is InChI=1S/C15H22N2O2S/c1-11-14(10-18)12(2)17(16-11)13-3-6-19-15(9-13)4-7-20-8-5-15/h10,13H,3-9H2,1-2H3. The molecule has 1 aromatic rings. The SMILES string of the molecule is Cc1nn(C2CCOC3(CCSCC3)C2)c(C)c1C=O. The Morgan fingerprint density at radius 1 is 1.40 bits per heavy atom. The molecule has 1 atom stereocenters. The van der Waals surface area contributed by atoms with E-state index in [2.05, 4.69) is 9.78 Å². The predicted molar refractivity (Wildman–Crippen MR) is 80.6 cm³/mol. The Labute approximate surface area is 124 Å². The van der Waals surface area contributed by atoms with Gasteiger partial charge in [-0.3, -0.25) is 9.48 Å². The normalized spacial score (nSPS) is 25.8. The molecule has 2 aliphatic heterocycles. The van der Waals surface area contributed by atoms with Crippen LogP contribution >= 0.6 is 11.8 Å². The van der Waals surface area contributed by atoms with Crippen LogP contribution in [0.5, 0.6) is 0 Å². The van der Waals surface area contributed by atoms with Crippen LogP contribution < -0.4 is 0 Å². The van der Waals surface area contributed by atoms with E-state index in [1.165, 1.54) is 11.5 Å². The average molecular weight is 294 g/mol. The molecule has 2 saturated heterocycles. The van der Waals surface area contributed by atoms with Gasteiger partial charge in [0.05, 0.1) is 22.9 Å². The van der Waals surface area contributed by atoms with Gasteiger partial charge in [0.25, 0.3) is 0 Å². The largest absolute Gasteiger partial charge is 0.375 e. The fourth-order valence-corrected chi connectivity index (χ4v) is 4.74. The fourth-order valence-electron chi connectivity index (χ4n) is 3.50. The second-order valence-electron chi connectivity index (χ2n) is 5.94. The molecular weight excluding hydrogens is 272 g/mol. The van der Waals surface area contributed by atoms with Gasteiger partial charge >= 0.3 is 0 Å². The molecule has 3 rings (SSSR count). The van der Waals surface area contributed by atoms with Crippen molar-refractivity contribution in [2.45, 2.75) is 51.2 Å². The van der Waals surface area contributed by atoms with Crippen LogP contribution in [-0.4, -0.2) is 39.8 Å². The lowest BCUT2D eigenvalue weighted by atomic mass is 9.85. The topological polar surface area (TPSA) is 44.1 Å². The Kier molecular flexibility index (Phi) is 3.91. The highest BCUT2D eigenvalue weighted by Gasteiger charge is 2.40. The van der Waals surface area contributed by atoms with E-state index < -0.39 is 0 Å². The van der Waals surface area contributed by atoms with Gasteiger partial charge in [-0.2, -0.15) is 16.9 Å². The number of nitrogens with zero attached hydrogens (tertiary/aromatic N) is 2. The molecule has 0 N–H and O–H groups in total. The molecule has 0 aliphatic carbocycles. The van der Waals surface area contributed by atoms with Crippen molar-refractivity contribution in [3.63, 3.8) is 0 Å². The van der Waals surface area contributed by atoms with Crippen LogP contribution in [0.2, 0.25) is 0 Å². The highest BCUT2D eigenvalue weighted by Crippen LogP contribution is 2.41. The van der Waals surface area contributed by atoms with Gasteiger partial charge in [0.2, 0.25) is 0 Å². The Morgan fingerprint density at radius 3 is 2.80 bits per heavy atom. The summed E-state index contributed by atoms with van der Waals surface area (Å²) < 4.78 is 8.21. The first-order valence-electron chi connectivity index (χ1n) is 7.38. The van der Waals surface area contributed by atoms with E-state index in [1.807, 2.05) is 25.6 Å². The summed E-state index contributed by atoms with van der Waals surface area (Å²) in [7, 11) is 0. The minimum absolute atomic E-state index is 0.0573. The average Bonchev–Trinajstić information content (AvgIpc) is 2.74. The van der Waals surface area contributed by atoms with Crippen molar-refractivity contribution < 1.29 is 9.53 Å². The van der Waals surface area contributed by atoms with E-state index in [0.717, 1.165) is 55.5 Å². The summed E-state index contributed by atoms with van der Waals surface area (Å²) in [4.78, 5) is 11.2. The van der Waals surface area contributed by atoms with Crippen LogP contribution in [0, 0.1) is 13.8 Å². The first kappa shape index (κ1) is 14.1. The maximum Gasteiger partial charge on any atom is 0.153 e. The van der Waals surface area contributed by atoms with Gasteiger partial charge in [-0.25, -0.2) is 0 Å². The first-order valence-corrected chi connectivity index (χ1v) is 8.53. The molecule has 2 fully saturated rings. The quantitative estimate of drug-likeness (QED) is 0.787. The number of carbonyl (C=O) groups excluding carboxylic acids is 1. The van der Waals surface area contributed by atoms with Crippen molar-refractivity contribution in [3.05, 3.63) is 17.0 Å². The van der Waals surface area contributed by atoms with Crippen LogP contribution in [0.15, 0.2) is 0 Å². The van der Waals surface area contributed by atoms with Gasteiger partial charge in [0, 0.05) is 12.3 Å². The summed E-state index contributed by atoms with van der Waals surface area (Å²) in [5.41, 5.74) is 2.66. The lowest BCUT2D eigenvalue weighted by molar-refractivity contribution is -0.100. The third-order valence-electron chi connectivity index (χ3n) is 4.72. The number of aryl methyl sites for hydroxylation is 1. The molecule has 0 amide bonds. The minimum Gasteiger partial charge on any atom is -0.375 e. The zero-order valence-corrected chi connectivity index (χ0v) is 13.0. The van der Waals surface area contributed by atoms with Crippen LogP contribution in [0.4, 0.5) is 0 Å². The van der Waals surface area contributed by atoms with E-state index >= 15 is 0 Å². The molecule has 1 unspecified atom stereocenters. The van der Waals surface area contributed by atoms with Gasteiger partial charge < -0.3 is 4.74 Å². The van der Waals surface area contributed by atoms with E-state index in [0.29, 0.717) is 6.04 Å². The van der Waals surface area contributed by atoms with Crippen LogP contribution in [-0.2, 0) is 4.74 Å². The molecule has 0 aromatic carbocycles. The van der Waals surface area contributed by atoms with E-state index in [1.54, 1.807) is 0 Å². The van der Waals surface area contributed by atoms with Crippen LogP contribution in [0.1, 0.15) is 53.5 Å². The second-order valence-corrected chi connectivity index (χ2v) is 7.16. The zero-order chi connectivity index (χ0) is 14.2. The van der Waals surface area contributed by atoms with E-state index in [4.69, 9.17) is 4.74 Å². The number of ether oxygens (including phenoxy) is 1. The maximum atomic E-state index is 11.2. The van der Waals surface area contributed by atoms with Crippen molar-refractivity contribution >= 4 is 18.0 Å². The smallest absolute Gasteiger partial charge is 0.153 e. The van der Waals surface area contributed by atoms with Gasteiger partial charge in [-0.1, -0.05) is 0 Å². The highest BCUT2D eigenvalue weighted by molar-refractivity contribution is 7.99. The molecule has 110 valence electrons. The Balaban J connectivity index is 1.85. The third-order valence-corrected chi connectivity index (χ3v) is 5.70. The number of carbonyl (C=O) groups is 1. The predicted octanol–water partition coefficient (Wildman–Crippen LogP) is 2.93. The molecule has 3 heterocycles. The van der Waals surface area contributed by atoms with Crippen LogP contribution in [0.25, 0.3) is 0 Å². The Bertz CT molecular complexity index is 501. The maximum absolute atomic E-state index is 11.2. The van der Waals surface area contributed by atoms with Gasteiger partial charge in [0.1, 0.15) is 0 Å². The van der Waals surface area contributed by atoms with Crippen molar-refractivity contribution in [2.24, 2.45) is 0 Å². The van der Waals surface area contributed by atoms with E-state index in [-0.39, 0.29) is 5.60 Å². The van der Waals surface area contributed by atoms with Crippen molar-refractivity contribution in [1.82, 2.24) is 9.78 Å². The third kappa shape index (κ3) is 2.42. The monoisotopic (exact) mass is 294 g/mol. The second kappa shape index (κ2) is 5.53. The van der Waals surface area contributed by atoms with Gasteiger partial charge in [-0.15, -0.1) is 0 Å². The Hall–Kier alpha value is -0.810. The molecule has 0 saturated carbocycles. The molecule has 2 aliphatic rings. The number of hydrogen-bond acceptors (Lipinski definition) is 4. The summed E-state index contributed by atoms with van der Waals surface area (Å²) in [6.45, 7) is 4.73. The number of aldehydes is 1. The fraction of sp³-hybridized carbons (Fsp3) is 0.733. The van der Waals surface area contributed by atoms with Crippen molar-refractivity contribution in [3.8, 4) is 0 Å². The number of hydrogen-bond donors (Lipinski definition) is 0. The summed E-state index contributed by atoms with van der Waals surface area (Å²) >= 11 is 2.02. The summed E-state index contributed by atoms with van der Waals surface area (Å²) in [6.07, 6.45) is 5.26. The zero-order valence-electron chi connectivity index (χ0n) is 12.2. The number of thioether (sulfide) groups is 1. The molecule has 0 radical (unpaired) electrons. The van der Waals surface area contributed by atoms with Crippen molar-refractivity contribution in [1.29, 1.82) is 0 Å². The first-order chi connectivity index (χ1) is 9.65. The summed E-state index contributed by atoms with van der Waals surface area (Å²) in [5.74, 6) is 2.40.